The number of nitrogens with two attached hydrogens (primary N) is 1. The van der Waals surface area contributed by atoms with Gasteiger partial charge < -0.3 is 10.5 Å². The normalized spacial score (nSPS) is 10.4. The van der Waals surface area contributed by atoms with Crippen LogP contribution >= 0.6 is 0 Å². The first kappa shape index (κ1) is 12.9. The minimum atomic E-state index is -4.50. The van der Waals surface area contributed by atoms with E-state index in [9.17, 15) is 18.0 Å². The SMILES string of the molecule is COC(=O)C#Cc1cc(N)cc(C(F)(F)F)c1. The van der Waals surface area contributed by atoms with Crippen LogP contribution in [0.15, 0.2) is 18.2 Å². The molecular formula is C11H8F3NO2. The van der Waals surface area contributed by atoms with E-state index in [1.807, 2.05) is 5.92 Å². The molecule has 1 aromatic rings. The maximum absolute atomic E-state index is 12.4. The highest BCUT2D eigenvalue weighted by molar-refractivity contribution is 5.89. The molecule has 3 nitrogen and oxygen atoms in total. The van der Waals surface area contributed by atoms with Crippen molar-refractivity contribution in [3.63, 3.8) is 0 Å². The molecule has 0 aliphatic carbocycles. The van der Waals surface area contributed by atoms with Crippen LogP contribution in [0.4, 0.5) is 18.9 Å². The Morgan fingerprint density at radius 3 is 2.53 bits per heavy atom. The average molecular weight is 243 g/mol. The lowest BCUT2D eigenvalue weighted by Crippen LogP contribution is -2.06. The molecular weight excluding hydrogens is 235 g/mol. The van der Waals surface area contributed by atoms with Gasteiger partial charge in [-0.2, -0.15) is 13.2 Å². The van der Waals surface area contributed by atoms with Crippen LogP contribution in [0.2, 0.25) is 0 Å². The van der Waals surface area contributed by atoms with Gasteiger partial charge in [-0.25, -0.2) is 4.79 Å². The summed E-state index contributed by atoms with van der Waals surface area (Å²) in [5.41, 5.74) is 4.33. The number of rotatable bonds is 0. The predicted molar refractivity (Wildman–Crippen MR) is 54.8 cm³/mol. The Morgan fingerprint density at radius 2 is 2.00 bits per heavy atom. The lowest BCUT2D eigenvalue weighted by atomic mass is 10.1. The van der Waals surface area contributed by atoms with Crippen molar-refractivity contribution in [1.82, 2.24) is 0 Å². The third-order valence-corrected chi connectivity index (χ3v) is 1.78. The Kier molecular flexibility index (Phi) is 3.63. The Labute approximate surface area is 95.4 Å². The standard InChI is InChI=1S/C11H8F3NO2/c1-17-10(16)3-2-7-4-8(11(12,13)14)6-9(15)5-7/h4-6H,15H2,1H3. The van der Waals surface area contributed by atoms with Crippen molar-refractivity contribution in [1.29, 1.82) is 0 Å². The zero-order valence-corrected chi connectivity index (χ0v) is 8.76. The molecule has 0 fully saturated rings. The quantitative estimate of drug-likeness (QED) is 0.429. The Hall–Kier alpha value is -2.16. The van der Waals surface area contributed by atoms with Gasteiger partial charge in [0.25, 0.3) is 0 Å². The number of carbonyl (C=O) groups excluding carboxylic acids is 1. The molecule has 90 valence electrons. The third-order valence-electron chi connectivity index (χ3n) is 1.78. The molecule has 0 unspecified atom stereocenters. The summed E-state index contributed by atoms with van der Waals surface area (Å²) in [6.07, 6.45) is -4.50. The molecule has 2 N–H and O–H groups in total. The van der Waals surface area contributed by atoms with Gasteiger partial charge in [0.1, 0.15) is 0 Å². The molecule has 0 bridgehead atoms. The van der Waals surface area contributed by atoms with Gasteiger partial charge in [0, 0.05) is 17.2 Å². The van der Waals surface area contributed by atoms with Crippen molar-refractivity contribution in [3.8, 4) is 11.8 Å². The fourth-order valence-corrected chi connectivity index (χ4v) is 1.06. The van der Waals surface area contributed by atoms with Crippen molar-refractivity contribution in [2.45, 2.75) is 6.18 Å². The van der Waals surface area contributed by atoms with Gasteiger partial charge in [0.2, 0.25) is 0 Å². The number of ether oxygens (including phenoxy) is 1. The fourth-order valence-electron chi connectivity index (χ4n) is 1.06. The van der Waals surface area contributed by atoms with Gasteiger partial charge in [0.15, 0.2) is 0 Å². The van der Waals surface area contributed by atoms with Crippen LogP contribution in [-0.4, -0.2) is 13.1 Å². The second kappa shape index (κ2) is 4.78. The summed E-state index contributed by atoms with van der Waals surface area (Å²) in [7, 11) is 1.12. The number of hydrogen-bond donors (Lipinski definition) is 1. The first-order valence-corrected chi connectivity index (χ1v) is 4.40. The monoisotopic (exact) mass is 243 g/mol. The lowest BCUT2D eigenvalue weighted by molar-refractivity contribution is -0.137. The summed E-state index contributed by atoms with van der Waals surface area (Å²) < 4.78 is 41.5. The highest BCUT2D eigenvalue weighted by Gasteiger charge is 2.30. The van der Waals surface area contributed by atoms with E-state index >= 15 is 0 Å². The molecule has 0 spiro atoms. The van der Waals surface area contributed by atoms with Gasteiger partial charge in [0.05, 0.1) is 12.7 Å². The minimum absolute atomic E-state index is 0.00252. The molecule has 0 atom stereocenters. The molecule has 1 aromatic carbocycles. The van der Waals surface area contributed by atoms with Crippen LogP contribution in [0.5, 0.6) is 0 Å². The van der Waals surface area contributed by atoms with E-state index in [1.165, 1.54) is 6.07 Å². The summed E-state index contributed by atoms with van der Waals surface area (Å²) in [4.78, 5) is 10.7. The number of hydrogen-bond acceptors (Lipinski definition) is 3. The average Bonchev–Trinajstić information content (AvgIpc) is 2.24. The van der Waals surface area contributed by atoms with Gasteiger partial charge in [-0.05, 0) is 18.2 Å². The maximum Gasteiger partial charge on any atom is 0.416 e. The second-order valence-electron chi connectivity index (χ2n) is 3.08. The first-order chi connectivity index (χ1) is 7.82. The third kappa shape index (κ3) is 3.72. The predicted octanol–water partition coefficient (Wildman–Crippen LogP) is 1.81. The Morgan fingerprint density at radius 1 is 1.35 bits per heavy atom. The van der Waals surface area contributed by atoms with Gasteiger partial charge in [-0.3, -0.25) is 0 Å². The molecule has 0 aromatic heterocycles. The fraction of sp³-hybridized carbons (Fsp3) is 0.182. The number of anilines is 1. The molecule has 0 radical (unpaired) electrons. The van der Waals surface area contributed by atoms with E-state index in [-0.39, 0.29) is 11.3 Å². The molecule has 0 saturated carbocycles. The van der Waals surface area contributed by atoms with Crippen LogP contribution < -0.4 is 5.73 Å². The summed E-state index contributed by atoms with van der Waals surface area (Å²) in [6.45, 7) is 0. The number of benzene rings is 1. The topological polar surface area (TPSA) is 52.3 Å². The van der Waals surface area contributed by atoms with Gasteiger partial charge in [-0.15, -0.1) is 0 Å². The second-order valence-corrected chi connectivity index (χ2v) is 3.08. The zero-order chi connectivity index (χ0) is 13.1. The highest BCUT2D eigenvalue weighted by Crippen LogP contribution is 2.31. The van der Waals surface area contributed by atoms with Crippen molar-refractivity contribution in [3.05, 3.63) is 29.3 Å². The van der Waals surface area contributed by atoms with Crippen LogP contribution in [0.3, 0.4) is 0 Å². The maximum atomic E-state index is 12.4. The number of esters is 1. The zero-order valence-electron chi connectivity index (χ0n) is 8.76. The minimum Gasteiger partial charge on any atom is -0.459 e. The molecule has 0 saturated heterocycles. The summed E-state index contributed by atoms with van der Waals surface area (Å²) in [5.74, 6) is 3.43. The lowest BCUT2D eigenvalue weighted by Gasteiger charge is -2.07. The van der Waals surface area contributed by atoms with Gasteiger partial charge in [-0.1, -0.05) is 5.92 Å². The number of alkyl halides is 3. The summed E-state index contributed by atoms with van der Waals surface area (Å²) in [5, 5.41) is 0. The number of halogens is 3. The largest absolute Gasteiger partial charge is 0.459 e. The van der Waals surface area contributed by atoms with Gasteiger partial charge >= 0.3 is 12.1 Å². The van der Waals surface area contributed by atoms with Crippen molar-refractivity contribution in [2.24, 2.45) is 0 Å². The van der Waals surface area contributed by atoms with Crippen LogP contribution in [-0.2, 0) is 15.7 Å². The first-order valence-electron chi connectivity index (χ1n) is 4.40. The van der Waals surface area contributed by atoms with E-state index in [1.54, 1.807) is 0 Å². The number of methoxy groups -OCH3 is 1. The van der Waals surface area contributed by atoms with E-state index < -0.39 is 17.7 Å². The molecule has 1 rings (SSSR count). The Balaban J connectivity index is 3.13. The van der Waals surface area contributed by atoms with Crippen LogP contribution in [0.1, 0.15) is 11.1 Å². The van der Waals surface area contributed by atoms with Crippen molar-refractivity contribution in [2.75, 3.05) is 12.8 Å². The molecule has 0 aliphatic rings. The molecule has 0 amide bonds. The van der Waals surface area contributed by atoms with Crippen molar-refractivity contribution >= 4 is 11.7 Å². The smallest absolute Gasteiger partial charge is 0.416 e. The van der Waals surface area contributed by atoms with Crippen molar-refractivity contribution < 1.29 is 22.7 Å². The van der Waals surface area contributed by atoms with E-state index in [4.69, 9.17) is 5.73 Å². The molecule has 0 heterocycles. The van der Waals surface area contributed by atoms with E-state index in [2.05, 4.69) is 10.7 Å². The van der Waals surface area contributed by atoms with E-state index in [0.717, 1.165) is 19.2 Å². The Bertz CT molecular complexity index is 498. The number of nitrogen functional groups attached to an aromatic ring is 1. The number of carbonyl (C=O) groups is 1. The van der Waals surface area contributed by atoms with Crippen LogP contribution in [0.25, 0.3) is 0 Å². The molecule has 6 heteroatoms. The van der Waals surface area contributed by atoms with Crippen LogP contribution in [0, 0.1) is 11.8 Å². The van der Waals surface area contributed by atoms with E-state index in [0.29, 0.717) is 0 Å². The molecule has 0 aliphatic heterocycles. The summed E-state index contributed by atoms with van der Waals surface area (Å²) in [6, 6.07) is 2.85. The molecule has 17 heavy (non-hydrogen) atoms. The summed E-state index contributed by atoms with van der Waals surface area (Å²) >= 11 is 0. The highest BCUT2D eigenvalue weighted by atomic mass is 19.4.